The molecule has 72 valence electrons. The Labute approximate surface area is 80.4 Å². The molecule has 0 fully saturated rings. The standard InChI is InChI=1S/C12H18O/c1-4-5-6-11-7-8-12(13)10(3)9(11)2/h7-8,13H,4-6H2,1-3H3. The Morgan fingerprint density at radius 2 is 1.85 bits per heavy atom. The Bertz CT molecular complexity index is 289. The van der Waals surface area contributed by atoms with Gasteiger partial charge in [0.25, 0.3) is 0 Å². The van der Waals surface area contributed by atoms with Crippen molar-refractivity contribution in [2.75, 3.05) is 0 Å². The van der Waals surface area contributed by atoms with Crippen molar-refractivity contribution in [2.45, 2.75) is 40.0 Å². The zero-order valence-corrected chi connectivity index (χ0v) is 8.72. The maximum Gasteiger partial charge on any atom is 0.118 e. The Morgan fingerprint density at radius 1 is 1.15 bits per heavy atom. The van der Waals surface area contributed by atoms with Gasteiger partial charge in [0.2, 0.25) is 0 Å². The Kier molecular flexibility index (Phi) is 3.35. The van der Waals surface area contributed by atoms with E-state index in [0.29, 0.717) is 5.75 Å². The summed E-state index contributed by atoms with van der Waals surface area (Å²) in [6, 6.07) is 3.83. The maximum atomic E-state index is 9.45. The van der Waals surface area contributed by atoms with E-state index in [0.717, 1.165) is 12.0 Å². The third kappa shape index (κ3) is 2.24. The summed E-state index contributed by atoms with van der Waals surface area (Å²) in [4.78, 5) is 0. The van der Waals surface area contributed by atoms with Crippen LogP contribution in [0, 0.1) is 13.8 Å². The molecule has 1 aromatic rings. The van der Waals surface area contributed by atoms with Gasteiger partial charge < -0.3 is 5.11 Å². The second kappa shape index (κ2) is 4.31. The molecule has 0 saturated heterocycles. The number of aryl methyl sites for hydroxylation is 1. The Hall–Kier alpha value is -0.980. The van der Waals surface area contributed by atoms with Gasteiger partial charge in [0.15, 0.2) is 0 Å². The van der Waals surface area contributed by atoms with Crippen LogP contribution in [0.15, 0.2) is 12.1 Å². The van der Waals surface area contributed by atoms with Gasteiger partial charge in [-0.2, -0.15) is 0 Å². The maximum absolute atomic E-state index is 9.45. The molecule has 0 heterocycles. The average Bonchev–Trinajstić information content (AvgIpc) is 2.13. The second-order valence-electron chi connectivity index (χ2n) is 3.60. The van der Waals surface area contributed by atoms with Crippen LogP contribution in [0.2, 0.25) is 0 Å². The van der Waals surface area contributed by atoms with E-state index in [9.17, 15) is 5.11 Å². The van der Waals surface area contributed by atoms with Crippen LogP contribution in [0.3, 0.4) is 0 Å². The Balaban J connectivity index is 2.90. The van der Waals surface area contributed by atoms with Crippen molar-refractivity contribution >= 4 is 0 Å². The highest BCUT2D eigenvalue weighted by Gasteiger charge is 2.04. The summed E-state index contributed by atoms with van der Waals surface area (Å²) in [6.07, 6.45) is 3.58. The van der Waals surface area contributed by atoms with E-state index in [1.165, 1.54) is 24.0 Å². The first kappa shape index (κ1) is 10.1. The van der Waals surface area contributed by atoms with Gasteiger partial charge in [0, 0.05) is 0 Å². The van der Waals surface area contributed by atoms with Gasteiger partial charge >= 0.3 is 0 Å². The predicted molar refractivity (Wildman–Crippen MR) is 56.2 cm³/mol. The summed E-state index contributed by atoms with van der Waals surface area (Å²) in [6.45, 7) is 6.25. The quantitative estimate of drug-likeness (QED) is 0.752. The van der Waals surface area contributed by atoms with Gasteiger partial charge in [-0.15, -0.1) is 0 Å². The number of phenols is 1. The first-order chi connectivity index (χ1) is 6.16. The molecule has 0 aliphatic rings. The summed E-state index contributed by atoms with van der Waals surface area (Å²) in [5, 5.41) is 9.45. The van der Waals surface area contributed by atoms with E-state index >= 15 is 0 Å². The van der Waals surface area contributed by atoms with Crippen LogP contribution in [0.5, 0.6) is 5.75 Å². The first-order valence-corrected chi connectivity index (χ1v) is 4.94. The minimum Gasteiger partial charge on any atom is -0.508 e. The summed E-state index contributed by atoms with van der Waals surface area (Å²) in [7, 11) is 0. The fourth-order valence-electron chi connectivity index (χ4n) is 1.50. The van der Waals surface area contributed by atoms with Crippen molar-refractivity contribution in [3.05, 3.63) is 28.8 Å². The molecule has 0 radical (unpaired) electrons. The van der Waals surface area contributed by atoms with Crippen molar-refractivity contribution in [3.8, 4) is 5.75 Å². The summed E-state index contributed by atoms with van der Waals surface area (Å²) >= 11 is 0. The molecule has 0 saturated carbocycles. The normalized spacial score (nSPS) is 10.4. The highest BCUT2D eigenvalue weighted by Crippen LogP contribution is 2.23. The summed E-state index contributed by atoms with van der Waals surface area (Å²) < 4.78 is 0. The molecule has 0 aromatic heterocycles. The highest BCUT2D eigenvalue weighted by atomic mass is 16.3. The molecule has 0 bridgehead atoms. The number of hydrogen-bond acceptors (Lipinski definition) is 1. The largest absolute Gasteiger partial charge is 0.508 e. The molecule has 0 aliphatic carbocycles. The van der Waals surface area contributed by atoms with Crippen LogP contribution in [0.4, 0.5) is 0 Å². The monoisotopic (exact) mass is 178 g/mol. The lowest BCUT2D eigenvalue weighted by molar-refractivity contribution is 0.470. The molecular weight excluding hydrogens is 160 g/mol. The van der Waals surface area contributed by atoms with Gasteiger partial charge in [0.1, 0.15) is 5.75 Å². The van der Waals surface area contributed by atoms with Crippen molar-refractivity contribution in [3.63, 3.8) is 0 Å². The molecule has 1 nitrogen and oxygen atoms in total. The SMILES string of the molecule is CCCCc1ccc(O)c(C)c1C. The summed E-state index contributed by atoms with van der Waals surface area (Å²) in [5.74, 6) is 0.415. The molecule has 0 atom stereocenters. The molecule has 1 aromatic carbocycles. The lowest BCUT2D eigenvalue weighted by Gasteiger charge is -2.09. The number of unbranched alkanes of at least 4 members (excludes halogenated alkanes) is 1. The molecule has 0 aliphatic heterocycles. The minimum absolute atomic E-state index is 0.415. The molecule has 0 spiro atoms. The number of aromatic hydroxyl groups is 1. The second-order valence-corrected chi connectivity index (χ2v) is 3.60. The van der Waals surface area contributed by atoms with E-state index in [4.69, 9.17) is 0 Å². The third-order valence-electron chi connectivity index (χ3n) is 2.67. The van der Waals surface area contributed by atoms with Gasteiger partial charge in [0.05, 0.1) is 0 Å². The molecule has 13 heavy (non-hydrogen) atoms. The van der Waals surface area contributed by atoms with Crippen molar-refractivity contribution in [1.29, 1.82) is 0 Å². The zero-order valence-electron chi connectivity index (χ0n) is 8.72. The van der Waals surface area contributed by atoms with E-state index in [2.05, 4.69) is 13.8 Å². The fourth-order valence-corrected chi connectivity index (χ4v) is 1.50. The Morgan fingerprint density at radius 3 is 2.46 bits per heavy atom. The van der Waals surface area contributed by atoms with E-state index in [1.807, 2.05) is 13.0 Å². The molecule has 1 rings (SSSR count). The summed E-state index contributed by atoms with van der Waals surface area (Å²) in [5.41, 5.74) is 3.64. The van der Waals surface area contributed by atoms with Gasteiger partial charge in [-0.1, -0.05) is 19.4 Å². The smallest absolute Gasteiger partial charge is 0.118 e. The van der Waals surface area contributed by atoms with E-state index in [-0.39, 0.29) is 0 Å². The van der Waals surface area contributed by atoms with Crippen LogP contribution >= 0.6 is 0 Å². The molecule has 0 unspecified atom stereocenters. The van der Waals surface area contributed by atoms with Crippen molar-refractivity contribution in [1.82, 2.24) is 0 Å². The first-order valence-electron chi connectivity index (χ1n) is 4.94. The highest BCUT2D eigenvalue weighted by molar-refractivity contribution is 5.42. The lowest BCUT2D eigenvalue weighted by Crippen LogP contribution is -1.92. The van der Waals surface area contributed by atoms with Crippen LogP contribution in [-0.2, 0) is 6.42 Å². The van der Waals surface area contributed by atoms with Crippen molar-refractivity contribution in [2.24, 2.45) is 0 Å². The fraction of sp³-hybridized carbons (Fsp3) is 0.500. The van der Waals surface area contributed by atoms with E-state index < -0.39 is 0 Å². The van der Waals surface area contributed by atoms with Crippen LogP contribution in [0.25, 0.3) is 0 Å². The van der Waals surface area contributed by atoms with E-state index in [1.54, 1.807) is 6.07 Å². The number of hydrogen-bond donors (Lipinski definition) is 1. The topological polar surface area (TPSA) is 20.2 Å². The minimum atomic E-state index is 0.415. The van der Waals surface area contributed by atoms with Crippen LogP contribution in [-0.4, -0.2) is 5.11 Å². The van der Waals surface area contributed by atoms with Gasteiger partial charge in [-0.3, -0.25) is 0 Å². The molecule has 1 N–H and O–H groups in total. The third-order valence-corrected chi connectivity index (χ3v) is 2.67. The van der Waals surface area contributed by atoms with Gasteiger partial charge in [-0.05, 0) is 49.4 Å². The van der Waals surface area contributed by atoms with Gasteiger partial charge in [-0.25, -0.2) is 0 Å². The zero-order chi connectivity index (χ0) is 9.84. The predicted octanol–water partition coefficient (Wildman–Crippen LogP) is 3.35. The van der Waals surface area contributed by atoms with Crippen molar-refractivity contribution < 1.29 is 5.11 Å². The number of rotatable bonds is 3. The lowest BCUT2D eigenvalue weighted by atomic mass is 9.98. The van der Waals surface area contributed by atoms with Crippen LogP contribution in [0.1, 0.15) is 36.5 Å². The van der Waals surface area contributed by atoms with Crippen LogP contribution < -0.4 is 0 Å². The average molecular weight is 178 g/mol. The number of benzene rings is 1. The molecule has 0 amide bonds. The number of phenolic OH excluding ortho intramolecular Hbond substituents is 1. The molecule has 1 heteroatoms. The molecular formula is C12H18O.